The third-order valence-electron chi connectivity index (χ3n) is 4.55. The van der Waals surface area contributed by atoms with Gasteiger partial charge in [0.2, 0.25) is 0 Å². The van der Waals surface area contributed by atoms with Gasteiger partial charge < -0.3 is 14.6 Å². The average Bonchev–Trinajstić information content (AvgIpc) is 3.22. The molecule has 5 nitrogen and oxygen atoms in total. The minimum atomic E-state index is -0.230. The molecule has 2 heterocycles. The van der Waals surface area contributed by atoms with Crippen LogP contribution in [0.4, 0.5) is 11.4 Å². The number of furan rings is 1. The van der Waals surface area contributed by atoms with E-state index in [1.165, 1.54) is 6.26 Å². The van der Waals surface area contributed by atoms with Crippen LogP contribution < -0.4 is 10.2 Å². The van der Waals surface area contributed by atoms with Crippen LogP contribution in [0.15, 0.2) is 65.3 Å². The molecule has 0 radical (unpaired) electrons. The first kappa shape index (κ1) is 17.4. The molecule has 0 spiro atoms. The molecule has 0 unspecified atom stereocenters. The largest absolute Gasteiger partial charge is 0.459 e. The first-order valence-electron chi connectivity index (χ1n) is 8.67. The summed E-state index contributed by atoms with van der Waals surface area (Å²) >= 11 is 5.87. The molecule has 1 N–H and O–H groups in total. The molecule has 1 aromatic heterocycles. The number of rotatable bonds is 3. The van der Waals surface area contributed by atoms with Crippen molar-refractivity contribution in [1.82, 2.24) is 0 Å². The molecule has 2 aromatic carbocycles. The maximum atomic E-state index is 12.7. The Morgan fingerprint density at radius 3 is 2.63 bits per heavy atom. The van der Waals surface area contributed by atoms with Crippen molar-refractivity contribution in [3.05, 3.63) is 82.8 Å². The second kappa shape index (κ2) is 7.29. The van der Waals surface area contributed by atoms with Crippen LogP contribution in [0.1, 0.15) is 32.9 Å². The zero-order chi connectivity index (χ0) is 18.8. The van der Waals surface area contributed by atoms with E-state index in [0.29, 0.717) is 28.6 Å². The summed E-state index contributed by atoms with van der Waals surface area (Å²) in [6, 6.07) is 15.7. The molecule has 0 bridgehead atoms. The van der Waals surface area contributed by atoms with Crippen LogP contribution in [-0.2, 0) is 6.42 Å². The number of halogens is 1. The van der Waals surface area contributed by atoms with Crippen LogP contribution in [0.25, 0.3) is 0 Å². The summed E-state index contributed by atoms with van der Waals surface area (Å²) in [7, 11) is 0. The fourth-order valence-electron chi connectivity index (χ4n) is 3.20. The van der Waals surface area contributed by atoms with Gasteiger partial charge in [-0.1, -0.05) is 17.7 Å². The van der Waals surface area contributed by atoms with Gasteiger partial charge in [-0.3, -0.25) is 9.59 Å². The minimum absolute atomic E-state index is 0.179. The van der Waals surface area contributed by atoms with Crippen molar-refractivity contribution in [2.24, 2.45) is 0 Å². The van der Waals surface area contributed by atoms with Gasteiger partial charge in [-0.15, -0.1) is 0 Å². The number of hydrogen-bond acceptors (Lipinski definition) is 3. The molecular weight excluding hydrogens is 364 g/mol. The summed E-state index contributed by atoms with van der Waals surface area (Å²) in [5, 5.41) is 3.45. The van der Waals surface area contributed by atoms with Crippen LogP contribution in [0, 0.1) is 0 Å². The van der Waals surface area contributed by atoms with Gasteiger partial charge in [-0.2, -0.15) is 0 Å². The van der Waals surface area contributed by atoms with Crippen molar-refractivity contribution in [3.8, 4) is 0 Å². The number of nitrogens with one attached hydrogen (secondary N) is 1. The highest BCUT2D eigenvalue weighted by Crippen LogP contribution is 2.31. The van der Waals surface area contributed by atoms with Gasteiger partial charge in [0.25, 0.3) is 11.8 Å². The number of amides is 2. The first-order chi connectivity index (χ1) is 13.1. The molecule has 2 amide bonds. The lowest BCUT2D eigenvalue weighted by Gasteiger charge is -2.29. The molecular formula is C21H17ClN2O3. The van der Waals surface area contributed by atoms with E-state index in [-0.39, 0.29) is 11.8 Å². The lowest BCUT2D eigenvalue weighted by Crippen LogP contribution is -2.35. The van der Waals surface area contributed by atoms with E-state index in [4.69, 9.17) is 16.0 Å². The number of benzene rings is 2. The molecule has 27 heavy (non-hydrogen) atoms. The van der Waals surface area contributed by atoms with Gasteiger partial charge in [0.05, 0.1) is 6.26 Å². The molecule has 0 aliphatic carbocycles. The van der Waals surface area contributed by atoms with Crippen LogP contribution in [0.3, 0.4) is 0 Å². The number of aryl methyl sites for hydroxylation is 1. The molecule has 1 aliphatic heterocycles. The molecule has 4 rings (SSSR count). The summed E-state index contributed by atoms with van der Waals surface area (Å²) < 4.78 is 5.25. The molecule has 6 heteroatoms. The van der Waals surface area contributed by atoms with Crippen molar-refractivity contribution in [1.29, 1.82) is 0 Å². The molecule has 0 atom stereocenters. The van der Waals surface area contributed by atoms with E-state index in [0.717, 1.165) is 24.1 Å². The third-order valence-corrected chi connectivity index (χ3v) is 4.80. The quantitative estimate of drug-likeness (QED) is 0.711. The van der Waals surface area contributed by atoms with Gasteiger partial charge in [0.1, 0.15) is 0 Å². The fraction of sp³-hybridized carbons (Fsp3) is 0.143. The summed E-state index contributed by atoms with van der Waals surface area (Å²) in [5.41, 5.74) is 3.02. The molecule has 136 valence electrons. The van der Waals surface area contributed by atoms with Crippen molar-refractivity contribution < 1.29 is 14.0 Å². The van der Waals surface area contributed by atoms with Crippen LogP contribution in [-0.4, -0.2) is 18.4 Å². The first-order valence-corrected chi connectivity index (χ1v) is 9.05. The fourth-order valence-corrected chi connectivity index (χ4v) is 3.33. The van der Waals surface area contributed by atoms with Crippen LogP contribution in [0.5, 0.6) is 0 Å². The number of anilines is 2. The maximum absolute atomic E-state index is 12.7. The Balaban J connectivity index is 1.60. The van der Waals surface area contributed by atoms with E-state index in [1.807, 2.05) is 18.2 Å². The van der Waals surface area contributed by atoms with Crippen molar-refractivity contribution in [2.45, 2.75) is 12.8 Å². The van der Waals surface area contributed by atoms with E-state index in [2.05, 4.69) is 5.32 Å². The molecule has 0 fully saturated rings. The minimum Gasteiger partial charge on any atom is -0.459 e. The van der Waals surface area contributed by atoms with Gasteiger partial charge >= 0.3 is 0 Å². The van der Waals surface area contributed by atoms with Crippen LogP contribution >= 0.6 is 11.6 Å². The summed E-state index contributed by atoms with van der Waals surface area (Å²) in [6.07, 6.45) is 3.26. The van der Waals surface area contributed by atoms with E-state index in [9.17, 15) is 9.59 Å². The highest BCUT2D eigenvalue weighted by atomic mass is 35.5. The highest BCUT2D eigenvalue weighted by Gasteiger charge is 2.25. The second-order valence-electron chi connectivity index (χ2n) is 6.34. The van der Waals surface area contributed by atoms with Gasteiger partial charge in [0, 0.05) is 28.5 Å². The normalized spacial score (nSPS) is 13.1. The van der Waals surface area contributed by atoms with Gasteiger partial charge in [0.15, 0.2) is 5.76 Å². The van der Waals surface area contributed by atoms with Crippen LogP contribution in [0.2, 0.25) is 5.02 Å². The Kier molecular flexibility index (Phi) is 4.69. The predicted molar refractivity (Wildman–Crippen MR) is 105 cm³/mol. The number of fused-ring (bicyclic) bond motifs is 1. The SMILES string of the molecule is O=C(Nc1ccc2c(c1)N(C(=O)c1ccco1)CCC2)c1ccc(Cl)cc1. The lowest BCUT2D eigenvalue weighted by atomic mass is 10.0. The maximum Gasteiger partial charge on any atom is 0.293 e. The Morgan fingerprint density at radius 1 is 1.07 bits per heavy atom. The van der Waals surface area contributed by atoms with Gasteiger partial charge in [-0.05, 0) is 66.9 Å². The zero-order valence-corrected chi connectivity index (χ0v) is 15.2. The van der Waals surface area contributed by atoms with E-state index in [1.54, 1.807) is 41.3 Å². The lowest BCUT2D eigenvalue weighted by molar-refractivity contribution is 0.0958. The third kappa shape index (κ3) is 3.59. The zero-order valence-electron chi connectivity index (χ0n) is 14.4. The smallest absolute Gasteiger partial charge is 0.293 e. The van der Waals surface area contributed by atoms with E-state index < -0.39 is 0 Å². The van der Waals surface area contributed by atoms with Crippen molar-refractivity contribution >= 4 is 34.8 Å². The number of nitrogens with zero attached hydrogens (tertiary/aromatic N) is 1. The Bertz CT molecular complexity index is 981. The number of carbonyl (C=O) groups excluding carboxylic acids is 2. The summed E-state index contributed by atoms with van der Waals surface area (Å²) in [5.74, 6) is -0.105. The monoisotopic (exact) mass is 380 g/mol. The van der Waals surface area contributed by atoms with E-state index >= 15 is 0 Å². The summed E-state index contributed by atoms with van der Waals surface area (Å²) in [4.78, 5) is 26.9. The molecule has 3 aromatic rings. The van der Waals surface area contributed by atoms with Crippen molar-refractivity contribution in [2.75, 3.05) is 16.8 Å². The summed E-state index contributed by atoms with van der Waals surface area (Å²) in [6.45, 7) is 0.612. The number of carbonyl (C=O) groups is 2. The molecule has 1 aliphatic rings. The standard InChI is InChI=1S/C21H17ClN2O3/c22-16-8-5-15(6-9-16)20(25)23-17-10-7-14-3-1-11-24(18(14)13-17)21(26)19-4-2-12-27-19/h2,4-10,12-13H,1,3,11H2,(H,23,25). The molecule has 0 saturated carbocycles. The van der Waals surface area contributed by atoms with Gasteiger partial charge in [-0.25, -0.2) is 0 Å². The Hall–Kier alpha value is -3.05. The topological polar surface area (TPSA) is 62.6 Å². The van der Waals surface area contributed by atoms with Crippen molar-refractivity contribution in [3.63, 3.8) is 0 Å². The predicted octanol–water partition coefficient (Wildman–Crippen LogP) is 4.78. The average molecular weight is 381 g/mol. The molecule has 0 saturated heterocycles. The highest BCUT2D eigenvalue weighted by molar-refractivity contribution is 6.30. The number of hydrogen-bond donors (Lipinski definition) is 1. The Labute approximate surface area is 161 Å². The Morgan fingerprint density at radius 2 is 1.89 bits per heavy atom. The second-order valence-corrected chi connectivity index (χ2v) is 6.78.